The van der Waals surface area contributed by atoms with Gasteiger partial charge in [0.2, 0.25) is 5.91 Å². The van der Waals surface area contributed by atoms with Crippen molar-refractivity contribution in [1.29, 1.82) is 0 Å². The number of carboxylic acids is 1. The van der Waals surface area contributed by atoms with E-state index < -0.39 is 12.0 Å². The minimum absolute atomic E-state index is 0.0150. The topological polar surface area (TPSA) is 96.9 Å². The summed E-state index contributed by atoms with van der Waals surface area (Å²) in [6.45, 7) is 0.0847. The first kappa shape index (κ1) is 18.4. The Hall–Kier alpha value is -3.42. The predicted octanol–water partition coefficient (Wildman–Crippen LogP) is 1.04. The van der Waals surface area contributed by atoms with E-state index in [0.29, 0.717) is 5.65 Å². The third-order valence-corrected chi connectivity index (χ3v) is 4.44. The molecule has 0 aliphatic carbocycles. The molecule has 0 spiro atoms. The van der Waals surface area contributed by atoms with Gasteiger partial charge in [-0.05, 0) is 17.7 Å². The highest BCUT2D eigenvalue weighted by atomic mass is 16.4. The first-order chi connectivity index (χ1) is 13.0. The number of amides is 1. The Morgan fingerprint density at radius 2 is 1.85 bits per heavy atom. The van der Waals surface area contributed by atoms with E-state index in [4.69, 9.17) is 0 Å². The van der Waals surface area contributed by atoms with Gasteiger partial charge in [0.25, 0.3) is 0 Å². The second-order valence-electron chi connectivity index (χ2n) is 6.23. The van der Waals surface area contributed by atoms with Crippen molar-refractivity contribution >= 4 is 17.5 Å². The summed E-state index contributed by atoms with van der Waals surface area (Å²) in [5.41, 5.74) is 0.997. The van der Waals surface area contributed by atoms with Crippen LogP contribution in [0.3, 0.4) is 0 Å². The Balaban J connectivity index is 1.68. The van der Waals surface area contributed by atoms with Crippen LogP contribution < -0.4 is 5.69 Å². The number of rotatable bonds is 7. The number of likely N-dealkylation sites (N-methyl/N-ethyl adjacent to an activating group) is 1. The van der Waals surface area contributed by atoms with Gasteiger partial charge < -0.3 is 10.0 Å². The van der Waals surface area contributed by atoms with E-state index in [1.165, 1.54) is 21.0 Å². The molecule has 8 nitrogen and oxygen atoms in total. The Labute approximate surface area is 155 Å². The summed E-state index contributed by atoms with van der Waals surface area (Å²) in [4.78, 5) is 37.6. The number of aliphatic carboxylic acids is 1. The van der Waals surface area contributed by atoms with Gasteiger partial charge in [-0.25, -0.2) is 14.3 Å². The van der Waals surface area contributed by atoms with E-state index in [1.807, 2.05) is 30.3 Å². The van der Waals surface area contributed by atoms with Gasteiger partial charge in [0.15, 0.2) is 5.65 Å². The first-order valence-corrected chi connectivity index (χ1v) is 8.54. The maximum absolute atomic E-state index is 12.5. The average Bonchev–Trinajstić information content (AvgIpc) is 3.00. The molecule has 2 aromatic heterocycles. The monoisotopic (exact) mass is 368 g/mol. The van der Waals surface area contributed by atoms with Crippen LogP contribution in [0.25, 0.3) is 5.65 Å². The number of aryl methyl sites for hydroxylation is 1. The predicted molar refractivity (Wildman–Crippen MR) is 98.4 cm³/mol. The summed E-state index contributed by atoms with van der Waals surface area (Å²) >= 11 is 0. The van der Waals surface area contributed by atoms with Crippen LogP contribution in [0.4, 0.5) is 0 Å². The third kappa shape index (κ3) is 4.05. The lowest BCUT2D eigenvalue weighted by molar-refractivity contribution is -0.149. The lowest BCUT2D eigenvalue weighted by atomic mass is 10.0. The minimum atomic E-state index is -1.07. The zero-order valence-corrected chi connectivity index (χ0v) is 14.9. The molecule has 2 heterocycles. The molecule has 0 aliphatic rings. The minimum Gasteiger partial charge on any atom is -0.480 e. The van der Waals surface area contributed by atoms with Crippen LogP contribution in [0.2, 0.25) is 0 Å². The number of nitrogens with zero attached hydrogens (tertiary/aromatic N) is 4. The molecule has 8 heteroatoms. The van der Waals surface area contributed by atoms with Crippen molar-refractivity contribution in [2.75, 3.05) is 7.05 Å². The molecule has 3 aromatic rings. The molecule has 1 aromatic carbocycles. The van der Waals surface area contributed by atoms with E-state index in [1.54, 1.807) is 24.4 Å². The van der Waals surface area contributed by atoms with Gasteiger partial charge in [-0.1, -0.05) is 36.4 Å². The standard InChI is InChI=1S/C19H20N4O4/c1-21(15(18(25)26)13-14-7-3-2-4-8-14)17(24)10-12-23-19(27)22-11-6-5-9-16(22)20-23/h2-9,11,15H,10,12-13H2,1H3,(H,25,26). The van der Waals surface area contributed by atoms with Crippen LogP contribution in [-0.2, 0) is 22.6 Å². The number of aromatic nitrogens is 3. The summed E-state index contributed by atoms with van der Waals surface area (Å²) in [7, 11) is 1.47. The number of hydrogen-bond acceptors (Lipinski definition) is 4. The molecule has 140 valence electrons. The fraction of sp³-hybridized carbons (Fsp3) is 0.263. The smallest absolute Gasteiger partial charge is 0.350 e. The molecule has 0 radical (unpaired) electrons. The molecule has 0 fully saturated rings. The summed E-state index contributed by atoms with van der Waals surface area (Å²) in [6, 6.07) is 13.4. The number of pyridine rings is 1. The van der Waals surface area contributed by atoms with Crippen LogP contribution >= 0.6 is 0 Å². The quantitative estimate of drug-likeness (QED) is 0.672. The highest BCUT2D eigenvalue weighted by molar-refractivity contribution is 5.83. The number of hydrogen-bond donors (Lipinski definition) is 1. The van der Waals surface area contributed by atoms with Crippen LogP contribution in [0.1, 0.15) is 12.0 Å². The molecule has 1 amide bonds. The Morgan fingerprint density at radius 3 is 2.52 bits per heavy atom. The second kappa shape index (κ2) is 7.86. The molecule has 1 N–H and O–H groups in total. The van der Waals surface area contributed by atoms with Crippen LogP contribution in [-0.4, -0.2) is 49.2 Å². The molecular weight excluding hydrogens is 348 g/mol. The van der Waals surface area contributed by atoms with E-state index in [2.05, 4.69) is 5.10 Å². The SMILES string of the molecule is CN(C(=O)CCn1nc2ccccn2c1=O)C(Cc1ccccc1)C(=O)O. The van der Waals surface area contributed by atoms with Gasteiger partial charge in [-0.15, -0.1) is 5.10 Å². The second-order valence-corrected chi connectivity index (χ2v) is 6.23. The van der Waals surface area contributed by atoms with Gasteiger partial charge in [-0.2, -0.15) is 0 Å². The number of carboxylic acid groups (broad SMARTS) is 1. The van der Waals surface area contributed by atoms with Gasteiger partial charge in [-0.3, -0.25) is 9.20 Å². The van der Waals surface area contributed by atoms with Gasteiger partial charge in [0.1, 0.15) is 6.04 Å². The van der Waals surface area contributed by atoms with E-state index in [0.717, 1.165) is 5.56 Å². The molecule has 27 heavy (non-hydrogen) atoms. The summed E-state index contributed by atoms with van der Waals surface area (Å²) in [5.74, 6) is -1.43. The lowest BCUT2D eigenvalue weighted by Crippen LogP contribution is -2.44. The Bertz CT molecular complexity index is 1010. The molecular formula is C19H20N4O4. The summed E-state index contributed by atoms with van der Waals surface area (Å²) < 4.78 is 2.61. The Morgan fingerprint density at radius 1 is 1.15 bits per heavy atom. The molecule has 0 aliphatic heterocycles. The van der Waals surface area contributed by atoms with Gasteiger partial charge >= 0.3 is 11.7 Å². The normalized spacial score (nSPS) is 12.0. The number of benzene rings is 1. The van der Waals surface area contributed by atoms with Gasteiger partial charge in [0, 0.05) is 26.1 Å². The third-order valence-electron chi connectivity index (χ3n) is 4.44. The zero-order chi connectivity index (χ0) is 19.4. The van der Waals surface area contributed by atoms with Crippen LogP contribution in [0.5, 0.6) is 0 Å². The fourth-order valence-electron chi connectivity index (χ4n) is 2.89. The highest BCUT2D eigenvalue weighted by Gasteiger charge is 2.26. The first-order valence-electron chi connectivity index (χ1n) is 8.54. The molecule has 1 atom stereocenters. The lowest BCUT2D eigenvalue weighted by Gasteiger charge is -2.25. The summed E-state index contributed by atoms with van der Waals surface area (Å²) in [6.07, 6.45) is 1.81. The maximum Gasteiger partial charge on any atom is 0.350 e. The molecule has 0 saturated heterocycles. The summed E-state index contributed by atoms with van der Waals surface area (Å²) in [5, 5.41) is 13.7. The van der Waals surface area contributed by atoms with Crippen molar-refractivity contribution < 1.29 is 14.7 Å². The fourth-order valence-corrected chi connectivity index (χ4v) is 2.89. The number of fused-ring (bicyclic) bond motifs is 1. The van der Waals surface area contributed by atoms with Crippen molar-refractivity contribution in [1.82, 2.24) is 19.1 Å². The van der Waals surface area contributed by atoms with Crippen molar-refractivity contribution in [2.45, 2.75) is 25.4 Å². The van der Waals surface area contributed by atoms with Crippen molar-refractivity contribution in [3.63, 3.8) is 0 Å². The highest BCUT2D eigenvalue weighted by Crippen LogP contribution is 2.10. The van der Waals surface area contributed by atoms with E-state index in [-0.39, 0.29) is 31.0 Å². The zero-order valence-electron chi connectivity index (χ0n) is 14.9. The maximum atomic E-state index is 12.5. The van der Waals surface area contributed by atoms with Crippen LogP contribution in [0, 0.1) is 0 Å². The van der Waals surface area contributed by atoms with Crippen molar-refractivity contribution in [3.05, 3.63) is 70.8 Å². The number of carbonyl (C=O) groups excluding carboxylic acids is 1. The molecule has 0 bridgehead atoms. The van der Waals surface area contributed by atoms with E-state index in [9.17, 15) is 19.5 Å². The van der Waals surface area contributed by atoms with E-state index >= 15 is 0 Å². The molecule has 1 unspecified atom stereocenters. The average molecular weight is 368 g/mol. The number of carbonyl (C=O) groups is 2. The Kier molecular flexibility index (Phi) is 5.35. The molecule has 0 saturated carbocycles. The van der Waals surface area contributed by atoms with Crippen molar-refractivity contribution in [2.24, 2.45) is 0 Å². The largest absolute Gasteiger partial charge is 0.480 e. The molecule has 3 rings (SSSR count). The van der Waals surface area contributed by atoms with Crippen molar-refractivity contribution in [3.8, 4) is 0 Å². The van der Waals surface area contributed by atoms with Gasteiger partial charge in [0.05, 0.1) is 6.54 Å². The van der Waals surface area contributed by atoms with Crippen LogP contribution in [0.15, 0.2) is 59.5 Å².